The fraction of sp³-hybridized carbons (Fsp3) is 0.963. The summed E-state index contributed by atoms with van der Waals surface area (Å²) in [5, 5.41) is 9.16. The number of carbonyl (C=O) groups excluding carboxylic acids is 1. The molecule has 0 amide bonds. The summed E-state index contributed by atoms with van der Waals surface area (Å²) in [6, 6.07) is 0. The standard InChI is InChI=1S/C27H54O2/c1-2-3-4-5-6-7-8-9-10-11-12-13-14-15-16-17-18-19-20-21-22-23-24-25-27(29)26-28/h26-27,29H,2-25H2,1H3. The number of carbonyl (C=O) groups is 1. The predicted octanol–water partition coefficient (Wildman–Crippen LogP) is 8.93. The molecule has 0 heterocycles. The number of unbranched alkanes of at least 4 members (excludes halogenated alkanes) is 22. The fourth-order valence-corrected chi connectivity index (χ4v) is 4.21. The van der Waals surface area contributed by atoms with Gasteiger partial charge in [0.1, 0.15) is 12.4 Å². The lowest BCUT2D eigenvalue weighted by Gasteiger charge is -2.04. The monoisotopic (exact) mass is 410 g/mol. The van der Waals surface area contributed by atoms with E-state index >= 15 is 0 Å². The molecule has 0 aromatic rings. The molecule has 1 unspecified atom stereocenters. The van der Waals surface area contributed by atoms with E-state index in [2.05, 4.69) is 6.92 Å². The van der Waals surface area contributed by atoms with Crippen LogP contribution in [0.4, 0.5) is 0 Å². The van der Waals surface area contributed by atoms with E-state index in [4.69, 9.17) is 5.11 Å². The Morgan fingerprint density at radius 1 is 0.483 bits per heavy atom. The molecule has 0 aliphatic carbocycles. The summed E-state index contributed by atoms with van der Waals surface area (Å²) in [7, 11) is 0. The van der Waals surface area contributed by atoms with Crippen LogP contribution in [0.15, 0.2) is 0 Å². The van der Waals surface area contributed by atoms with E-state index in [0.29, 0.717) is 12.7 Å². The Morgan fingerprint density at radius 3 is 0.966 bits per heavy atom. The summed E-state index contributed by atoms with van der Waals surface area (Å²) < 4.78 is 0. The van der Waals surface area contributed by atoms with Gasteiger partial charge in [0.15, 0.2) is 0 Å². The normalized spacial score (nSPS) is 12.3. The molecule has 174 valence electrons. The van der Waals surface area contributed by atoms with Gasteiger partial charge in [-0.2, -0.15) is 0 Å². The van der Waals surface area contributed by atoms with Gasteiger partial charge in [0, 0.05) is 0 Å². The topological polar surface area (TPSA) is 37.3 Å². The van der Waals surface area contributed by atoms with Gasteiger partial charge in [-0.15, -0.1) is 0 Å². The highest BCUT2D eigenvalue weighted by Gasteiger charge is 2.00. The van der Waals surface area contributed by atoms with Gasteiger partial charge in [0.05, 0.1) is 0 Å². The van der Waals surface area contributed by atoms with Crippen LogP contribution in [0, 0.1) is 0 Å². The minimum Gasteiger partial charge on any atom is -0.386 e. The van der Waals surface area contributed by atoms with Gasteiger partial charge >= 0.3 is 0 Å². The third kappa shape index (κ3) is 25.6. The molecule has 1 atom stereocenters. The predicted molar refractivity (Wildman–Crippen MR) is 129 cm³/mol. The molecular weight excluding hydrogens is 356 g/mol. The van der Waals surface area contributed by atoms with Crippen LogP contribution in [0.3, 0.4) is 0 Å². The first-order valence-corrected chi connectivity index (χ1v) is 13.4. The van der Waals surface area contributed by atoms with Crippen molar-refractivity contribution in [2.24, 2.45) is 0 Å². The highest BCUT2D eigenvalue weighted by atomic mass is 16.3. The van der Waals surface area contributed by atoms with Gasteiger partial charge in [0.2, 0.25) is 0 Å². The van der Waals surface area contributed by atoms with Crippen molar-refractivity contribution in [3.05, 3.63) is 0 Å². The van der Waals surface area contributed by atoms with Gasteiger partial charge < -0.3 is 9.90 Å². The number of aliphatic hydroxyl groups is 1. The Hall–Kier alpha value is -0.370. The van der Waals surface area contributed by atoms with Gasteiger partial charge in [-0.25, -0.2) is 0 Å². The maximum atomic E-state index is 10.3. The average Bonchev–Trinajstić information content (AvgIpc) is 2.74. The van der Waals surface area contributed by atoms with Crippen molar-refractivity contribution in [1.29, 1.82) is 0 Å². The Morgan fingerprint density at radius 2 is 0.724 bits per heavy atom. The van der Waals surface area contributed by atoms with E-state index < -0.39 is 6.10 Å². The fourth-order valence-electron chi connectivity index (χ4n) is 4.21. The van der Waals surface area contributed by atoms with Crippen molar-refractivity contribution in [1.82, 2.24) is 0 Å². The molecule has 2 nitrogen and oxygen atoms in total. The zero-order chi connectivity index (χ0) is 21.3. The van der Waals surface area contributed by atoms with E-state index in [1.54, 1.807) is 0 Å². The highest BCUT2D eigenvalue weighted by Crippen LogP contribution is 2.15. The van der Waals surface area contributed by atoms with Gasteiger partial charge in [-0.3, -0.25) is 0 Å². The van der Waals surface area contributed by atoms with Crippen LogP contribution in [0.1, 0.15) is 161 Å². The SMILES string of the molecule is CCCCCCCCCCCCCCCCCCCCCCCCCC(O)C=O. The number of rotatable bonds is 25. The van der Waals surface area contributed by atoms with Crippen molar-refractivity contribution >= 4 is 6.29 Å². The first kappa shape index (κ1) is 28.6. The lowest BCUT2D eigenvalue weighted by atomic mass is 10.0. The van der Waals surface area contributed by atoms with Gasteiger partial charge in [-0.05, 0) is 6.42 Å². The minimum absolute atomic E-state index is 0.642. The molecule has 1 N–H and O–H groups in total. The van der Waals surface area contributed by atoms with Crippen molar-refractivity contribution in [3.63, 3.8) is 0 Å². The third-order valence-electron chi connectivity index (χ3n) is 6.26. The lowest BCUT2D eigenvalue weighted by molar-refractivity contribution is -0.115. The Bertz CT molecular complexity index is 303. The van der Waals surface area contributed by atoms with Crippen molar-refractivity contribution in [3.8, 4) is 0 Å². The van der Waals surface area contributed by atoms with Gasteiger partial charge in [-0.1, -0.05) is 155 Å². The van der Waals surface area contributed by atoms with Crippen molar-refractivity contribution in [2.75, 3.05) is 0 Å². The van der Waals surface area contributed by atoms with Crippen LogP contribution in [0.25, 0.3) is 0 Å². The Kier molecular flexibility index (Phi) is 25.3. The molecule has 0 fully saturated rings. The Balaban J connectivity index is 3.01. The molecule has 0 saturated heterocycles. The first-order valence-electron chi connectivity index (χ1n) is 13.4. The number of hydrogen-bond donors (Lipinski definition) is 1. The Labute approximate surface area is 183 Å². The van der Waals surface area contributed by atoms with Crippen LogP contribution in [0.2, 0.25) is 0 Å². The molecule has 0 rings (SSSR count). The van der Waals surface area contributed by atoms with E-state index in [1.807, 2.05) is 0 Å². The second-order valence-corrected chi connectivity index (χ2v) is 9.27. The number of aliphatic hydroxyl groups excluding tert-OH is 1. The van der Waals surface area contributed by atoms with E-state index in [0.717, 1.165) is 12.8 Å². The molecule has 0 aromatic heterocycles. The lowest BCUT2D eigenvalue weighted by Crippen LogP contribution is -2.06. The smallest absolute Gasteiger partial charge is 0.148 e. The zero-order valence-electron chi connectivity index (χ0n) is 20.0. The van der Waals surface area contributed by atoms with Crippen molar-refractivity contribution < 1.29 is 9.90 Å². The molecule has 0 aliphatic heterocycles. The molecule has 0 aliphatic rings. The molecular formula is C27H54O2. The third-order valence-corrected chi connectivity index (χ3v) is 6.26. The summed E-state index contributed by atoms with van der Waals surface area (Å²) in [5.41, 5.74) is 0. The summed E-state index contributed by atoms with van der Waals surface area (Å²) in [6.45, 7) is 2.29. The van der Waals surface area contributed by atoms with Crippen LogP contribution in [-0.2, 0) is 4.79 Å². The van der Waals surface area contributed by atoms with E-state index in [-0.39, 0.29) is 0 Å². The van der Waals surface area contributed by atoms with Crippen LogP contribution in [0.5, 0.6) is 0 Å². The van der Waals surface area contributed by atoms with Gasteiger partial charge in [0.25, 0.3) is 0 Å². The average molecular weight is 411 g/mol. The van der Waals surface area contributed by atoms with Crippen LogP contribution in [-0.4, -0.2) is 17.5 Å². The number of hydrogen-bond acceptors (Lipinski definition) is 2. The molecule has 0 bridgehead atoms. The summed E-state index contributed by atoms with van der Waals surface area (Å²) in [5.74, 6) is 0. The zero-order valence-corrected chi connectivity index (χ0v) is 20.0. The van der Waals surface area contributed by atoms with E-state index in [9.17, 15) is 4.79 Å². The second-order valence-electron chi connectivity index (χ2n) is 9.27. The maximum absolute atomic E-state index is 10.3. The largest absolute Gasteiger partial charge is 0.386 e. The summed E-state index contributed by atoms with van der Waals surface area (Å²) in [4.78, 5) is 10.3. The number of aldehydes is 1. The van der Waals surface area contributed by atoms with Crippen molar-refractivity contribution in [2.45, 2.75) is 167 Å². The molecule has 0 spiro atoms. The maximum Gasteiger partial charge on any atom is 0.148 e. The molecule has 29 heavy (non-hydrogen) atoms. The molecule has 0 saturated carbocycles. The highest BCUT2D eigenvalue weighted by molar-refractivity contribution is 5.55. The minimum atomic E-state index is -0.732. The molecule has 0 radical (unpaired) electrons. The van der Waals surface area contributed by atoms with Crippen LogP contribution >= 0.6 is 0 Å². The molecule has 0 aromatic carbocycles. The van der Waals surface area contributed by atoms with E-state index in [1.165, 1.54) is 135 Å². The quantitative estimate of drug-likeness (QED) is 0.120. The summed E-state index contributed by atoms with van der Waals surface area (Å²) in [6.07, 6.45) is 32.6. The summed E-state index contributed by atoms with van der Waals surface area (Å²) >= 11 is 0. The second kappa shape index (κ2) is 25.7. The van der Waals surface area contributed by atoms with Crippen LogP contribution < -0.4 is 0 Å². The molecule has 2 heteroatoms. The first-order chi connectivity index (χ1) is 14.3.